The van der Waals surface area contributed by atoms with Gasteiger partial charge in [0.15, 0.2) is 0 Å². The Balaban J connectivity index is 1.64. The molecule has 1 aliphatic heterocycles. The molecule has 0 spiro atoms. The topological polar surface area (TPSA) is 35.6 Å². The van der Waals surface area contributed by atoms with Crippen LogP contribution in [-0.4, -0.2) is 54.6 Å². The second-order valence-electron chi connectivity index (χ2n) is 7.46. The molecule has 1 atom stereocenters. The van der Waals surface area contributed by atoms with Crippen LogP contribution < -0.4 is 5.32 Å². The number of rotatable bonds is 7. The minimum absolute atomic E-state index is 0.187. The molecule has 2 aliphatic rings. The van der Waals surface area contributed by atoms with E-state index in [1.165, 1.54) is 38.5 Å². The highest BCUT2D eigenvalue weighted by molar-refractivity contribution is 5.74. The van der Waals surface area contributed by atoms with Crippen molar-refractivity contribution < 1.29 is 4.79 Å². The lowest BCUT2D eigenvalue weighted by atomic mass is 9.96. The number of hydrogen-bond donors (Lipinski definition) is 1. The summed E-state index contributed by atoms with van der Waals surface area (Å²) >= 11 is 0. The van der Waals surface area contributed by atoms with E-state index in [-0.39, 0.29) is 6.03 Å². The summed E-state index contributed by atoms with van der Waals surface area (Å²) < 4.78 is 0. The molecule has 128 valence electrons. The zero-order chi connectivity index (χ0) is 15.9. The van der Waals surface area contributed by atoms with Crippen LogP contribution in [0.3, 0.4) is 0 Å². The lowest BCUT2D eigenvalue weighted by molar-refractivity contribution is 0.172. The Morgan fingerprint density at radius 3 is 2.59 bits per heavy atom. The molecule has 0 aromatic carbocycles. The van der Waals surface area contributed by atoms with E-state index in [2.05, 4.69) is 36.0 Å². The second-order valence-corrected chi connectivity index (χ2v) is 7.46. The molecule has 0 radical (unpaired) electrons. The van der Waals surface area contributed by atoms with E-state index < -0.39 is 0 Å². The summed E-state index contributed by atoms with van der Waals surface area (Å²) in [7, 11) is 2.17. The Morgan fingerprint density at radius 2 is 1.91 bits per heavy atom. The van der Waals surface area contributed by atoms with Crippen molar-refractivity contribution in [1.29, 1.82) is 0 Å². The largest absolute Gasteiger partial charge is 0.338 e. The van der Waals surface area contributed by atoms with Gasteiger partial charge < -0.3 is 15.1 Å². The van der Waals surface area contributed by atoms with Gasteiger partial charge in [0.25, 0.3) is 0 Å². The highest BCUT2D eigenvalue weighted by Crippen LogP contribution is 2.35. The van der Waals surface area contributed by atoms with Crippen molar-refractivity contribution in [1.82, 2.24) is 15.1 Å². The van der Waals surface area contributed by atoms with Gasteiger partial charge in [-0.1, -0.05) is 12.8 Å². The van der Waals surface area contributed by atoms with Gasteiger partial charge in [0.1, 0.15) is 0 Å². The zero-order valence-electron chi connectivity index (χ0n) is 14.8. The summed E-state index contributed by atoms with van der Waals surface area (Å²) in [6.45, 7) is 7.33. The van der Waals surface area contributed by atoms with Crippen LogP contribution in [0.1, 0.15) is 65.2 Å². The lowest BCUT2D eigenvalue weighted by Crippen LogP contribution is -2.45. The second kappa shape index (κ2) is 8.76. The van der Waals surface area contributed by atoms with Crippen LogP contribution in [0.25, 0.3) is 0 Å². The van der Waals surface area contributed by atoms with E-state index >= 15 is 0 Å². The van der Waals surface area contributed by atoms with Gasteiger partial charge in [-0.25, -0.2) is 4.79 Å². The van der Waals surface area contributed by atoms with Gasteiger partial charge in [0, 0.05) is 25.2 Å². The fraction of sp³-hybridized carbons (Fsp3) is 0.944. The predicted molar refractivity (Wildman–Crippen MR) is 92.1 cm³/mol. The van der Waals surface area contributed by atoms with Gasteiger partial charge in [-0.05, 0) is 71.9 Å². The van der Waals surface area contributed by atoms with Gasteiger partial charge in [-0.2, -0.15) is 0 Å². The molecule has 0 bridgehead atoms. The number of urea groups is 1. The van der Waals surface area contributed by atoms with Gasteiger partial charge in [-0.15, -0.1) is 0 Å². The van der Waals surface area contributed by atoms with Gasteiger partial charge in [0.2, 0.25) is 0 Å². The fourth-order valence-corrected chi connectivity index (χ4v) is 3.92. The maximum Gasteiger partial charge on any atom is 0.317 e. The first-order valence-electron chi connectivity index (χ1n) is 9.34. The Kier molecular flexibility index (Phi) is 7.00. The van der Waals surface area contributed by atoms with Gasteiger partial charge in [0.05, 0.1) is 0 Å². The van der Waals surface area contributed by atoms with E-state index in [1.807, 2.05) is 0 Å². The Hall–Kier alpha value is -0.770. The number of carbonyl (C=O) groups is 1. The van der Waals surface area contributed by atoms with Crippen LogP contribution >= 0.6 is 0 Å². The fourth-order valence-electron chi connectivity index (χ4n) is 3.92. The molecule has 1 heterocycles. The van der Waals surface area contributed by atoms with E-state index in [4.69, 9.17) is 0 Å². The van der Waals surface area contributed by atoms with Crippen molar-refractivity contribution in [3.63, 3.8) is 0 Å². The van der Waals surface area contributed by atoms with Crippen LogP contribution in [0.2, 0.25) is 0 Å². The molecule has 1 aliphatic carbocycles. The molecule has 0 aromatic rings. The maximum absolute atomic E-state index is 12.4. The third-order valence-corrected chi connectivity index (χ3v) is 5.60. The first-order valence-corrected chi connectivity index (χ1v) is 9.34. The predicted octanol–water partition coefficient (Wildman–Crippen LogP) is 3.47. The summed E-state index contributed by atoms with van der Waals surface area (Å²) in [6.07, 6.45) is 10.0. The van der Waals surface area contributed by atoms with E-state index in [0.29, 0.717) is 12.1 Å². The number of hydrogen-bond acceptors (Lipinski definition) is 2. The quantitative estimate of drug-likeness (QED) is 0.731. The molecular weight excluding hydrogens is 274 g/mol. The molecule has 1 saturated heterocycles. The number of nitrogens with zero attached hydrogens (tertiary/aromatic N) is 2. The normalized spacial score (nSPS) is 23.0. The number of amides is 2. The molecule has 1 N–H and O–H groups in total. The number of nitrogens with one attached hydrogen (secondary N) is 1. The molecule has 1 unspecified atom stereocenters. The monoisotopic (exact) mass is 309 g/mol. The summed E-state index contributed by atoms with van der Waals surface area (Å²) in [6, 6.07) is 1.31. The van der Waals surface area contributed by atoms with Gasteiger partial charge in [-0.3, -0.25) is 0 Å². The van der Waals surface area contributed by atoms with E-state index in [0.717, 1.165) is 38.4 Å². The van der Waals surface area contributed by atoms with E-state index in [9.17, 15) is 4.79 Å². The molecule has 0 aromatic heterocycles. The van der Waals surface area contributed by atoms with Crippen LogP contribution in [0, 0.1) is 5.92 Å². The summed E-state index contributed by atoms with van der Waals surface area (Å²) in [4.78, 5) is 16.9. The third kappa shape index (κ3) is 4.87. The molecule has 2 amide bonds. The molecule has 4 nitrogen and oxygen atoms in total. The smallest absolute Gasteiger partial charge is 0.317 e. The average molecular weight is 309 g/mol. The standard InChI is InChI=1S/C18H35N3O/c1-15(2)20(3)13-7-6-12-19-18(22)21-14-8-11-17(21)16-9-4-5-10-16/h15-17H,4-14H2,1-3H3,(H,19,22). The van der Waals surface area contributed by atoms with Crippen molar-refractivity contribution in [3.05, 3.63) is 0 Å². The molecule has 4 heteroatoms. The lowest BCUT2D eigenvalue weighted by Gasteiger charge is -2.29. The molecule has 1 saturated carbocycles. The SMILES string of the molecule is CC(C)N(C)CCCCNC(=O)N1CCCC1C1CCCC1. The maximum atomic E-state index is 12.4. The summed E-state index contributed by atoms with van der Waals surface area (Å²) in [5.74, 6) is 0.771. The van der Waals surface area contributed by atoms with Crippen molar-refractivity contribution in [3.8, 4) is 0 Å². The van der Waals surface area contributed by atoms with Crippen molar-refractivity contribution in [2.45, 2.75) is 77.3 Å². The zero-order valence-corrected chi connectivity index (χ0v) is 14.8. The van der Waals surface area contributed by atoms with Crippen LogP contribution in [0.15, 0.2) is 0 Å². The third-order valence-electron chi connectivity index (χ3n) is 5.60. The van der Waals surface area contributed by atoms with Crippen molar-refractivity contribution >= 4 is 6.03 Å². The van der Waals surface area contributed by atoms with E-state index in [1.54, 1.807) is 0 Å². The van der Waals surface area contributed by atoms with Crippen LogP contribution in [0.4, 0.5) is 4.79 Å². The molecule has 2 rings (SSSR count). The molecular formula is C18H35N3O. The van der Waals surface area contributed by atoms with Crippen LogP contribution in [0.5, 0.6) is 0 Å². The van der Waals surface area contributed by atoms with Crippen molar-refractivity contribution in [2.75, 3.05) is 26.7 Å². The number of likely N-dealkylation sites (tertiary alicyclic amines) is 1. The number of unbranched alkanes of at least 4 members (excludes halogenated alkanes) is 1. The first-order chi connectivity index (χ1) is 10.6. The highest BCUT2D eigenvalue weighted by atomic mass is 16.2. The molecule has 22 heavy (non-hydrogen) atoms. The average Bonchev–Trinajstić information content (AvgIpc) is 3.16. The molecule has 2 fully saturated rings. The highest BCUT2D eigenvalue weighted by Gasteiger charge is 2.35. The van der Waals surface area contributed by atoms with Gasteiger partial charge >= 0.3 is 6.03 Å². The van der Waals surface area contributed by atoms with Crippen molar-refractivity contribution in [2.24, 2.45) is 5.92 Å². The number of carbonyl (C=O) groups excluding carboxylic acids is 1. The minimum atomic E-state index is 0.187. The minimum Gasteiger partial charge on any atom is -0.338 e. The Labute approximate surface area is 136 Å². The Bertz CT molecular complexity index is 339. The summed E-state index contributed by atoms with van der Waals surface area (Å²) in [5, 5.41) is 3.15. The Morgan fingerprint density at radius 1 is 1.18 bits per heavy atom. The first kappa shape index (κ1) is 17.6. The van der Waals surface area contributed by atoms with Crippen LogP contribution in [-0.2, 0) is 0 Å². The summed E-state index contributed by atoms with van der Waals surface area (Å²) in [5.41, 5.74) is 0.